The van der Waals surface area contributed by atoms with Crippen LogP contribution in [0.3, 0.4) is 0 Å². The number of amides is 1. The van der Waals surface area contributed by atoms with Crippen molar-refractivity contribution in [3.63, 3.8) is 0 Å². The highest BCUT2D eigenvalue weighted by Gasteiger charge is 2.23. The molecule has 0 heterocycles. The smallest absolute Gasteiger partial charge is 0.408 e. The summed E-state index contributed by atoms with van der Waals surface area (Å²) in [6, 6.07) is 4.06. The largest absolute Gasteiger partial charge is 0.495 e. The van der Waals surface area contributed by atoms with Gasteiger partial charge in [-0.1, -0.05) is 17.7 Å². The molecule has 1 atom stereocenters. The number of rotatable bonds is 5. The molecule has 0 fully saturated rings. The minimum Gasteiger partial charge on any atom is -0.495 e. The van der Waals surface area contributed by atoms with Crippen LogP contribution >= 0.6 is 11.6 Å². The van der Waals surface area contributed by atoms with Crippen LogP contribution in [0.1, 0.15) is 38.8 Å². The molecule has 1 aromatic rings. The number of aliphatic carboxylic acids is 1. The van der Waals surface area contributed by atoms with E-state index in [1.165, 1.54) is 7.11 Å². The fourth-order valence-corrected chi connectivity index (χ4v) is 1.96. The molecule has 7 heteroatoms. The molecule has 0 aromatic heterocycles. The number of carboxylic acids is 1. The molecule has 2 N–H and O–H groups in total. The third-order valence-electron chi connectivity index (χ3n) is 2.65. The van der Waals surface area contributed by atoms with Gasteiger partial charge in [0.25, 0.3) is 0 Å². The average molecular weight is 330 g/mol. The third-order valence-corrected chi connectivity index (χ3v) is 2.96. The first-order chi connectivity index (χ1) is 10.1. The fourth-order valence-electron chi connectivity index (χ4n) is 1.77. The predicted octanol–water partition coefficient (Wildman–Crippen LogP) is 3.39. The monoisotopic (exact) mass is 329 g/mol. The van der Waals surface area contributed by atoms with E-state index >= 15 is 0 Å². The highest BCUT2D eigenvalue weighted by Crippen LogP contribution is 2.29. The van der Waals surface area contributed by atoms with Crippen molar-refractivity contribution in [2.24, 2.45) is 0 Å². The maximum Gasteiger partial charge on any atom is 0.408 e. The van der Waals surface area contributed by atoms with Crippen LogP contribution < -0.4 is 10.1 Å². The summed E-state index contributed by atoms with van der Waals surface area (Å²) in [7, 11) is 1.46. The predicted molar refractivity (Wildman–Crippen MR) is 82.4 cm³/mol. The van der Waals surface area contributed by atoms with Gasteiger partial charge in [0, 0.05) is 0 Å². The van der Waals surface area contributed by atoms with E-state index in [2.05, 4.69) is 5.32 Å². The van der Waals surface area contributed by atoms with Crippen molar-refractivity contribution >= 4 is 23.7 Å². The highest BCUT2D eigenvalue weighted by molar-refractivity contribution is 6.32. The lowest BCUT2D eigenvalue weighted by Gasteiger charge is -2.23. The van der Waals surface area contributed by atoms with Crippen LogP contribution in [0, 0.1) is 0 Å². The maximum absolute atomic E-state index is 11.9. The summed E-state index contributed by atoms with van der Waals surface area (Å²) in [4.78, 5) is 22.9. The van der Waals surface area contributed by atoms with Crippen molar-refractivity contribution in [3.8, 4) is 5.75 Å². The Balaban J connectivity index is 2.98. The van der Waals surface area contributed by atoms with Crippen LogP contribution in [0.25, 0.3) is 0 Å². The average Bonchev–Trinajstić information content (AvgIpc) is 2.35. The lowest BCUT2D eigenvalue weighted by Crippen LogP contribution is -2.35. The number of methoxy groups -OCH3 is 1. The molecule has 1 amide bonds. The van der Waals surface area contributed by atoms with Crippen molar-refractivity contribution in [2.45, 2.75) is 38.8 Å². The summed E-state index contributed by atoms with van der Waals surface area (Å²) >= 11 is 5.95. The molecule has 6 nitrogen and oxygen atoms in total. The van der Waals surface area contributed by atoms with Crippen LogP contribution in [0.15, 0.2) is 18.2 Å². The molecule has 0 spiro atoms. The number of carbonyl (C=O) groups is 2. The second-order valence-electron chi connectivity index (χ2n) is 5.69. The van der Waals surface area contributed by atoms with Crippen molar-refractivity contribution in [2.75, 3.05) is 7.11 Å². The summed E-state index contributed by atoms with van der Waals surface area (Å²) in [5.74, 6) is -0.643. The zero-order chi connectivity index (χ0) is 16.9. The number of carboxylic acid groups (broad SMARTS) is 1. The van der Waals surface area contributed by atoms with Crippen molar-refractivity contribution < 1.29 is 24.2 Å². The molecular formula is C15H20ClNO5. The van der Waals surface area contributed by atoms with E-state index in [1.807, 2.05) is 0 Å². The van der Waals surface area contributed by atoms with Gasteiger partial charge in [-0.15, -0.1) is 0 Å². The quantitative estimate of drug-likeness (QED) is 0.865. The number of halogens is 1. The van der Waals surface area contributed by atoms with E-state index < -0.39 is 23.7 Å². The van der Waals surface area contributed by atoms with Gasteiger partial charge in [-0.25, -0.2) is 4.79 Å². The minimum atomic E-state index is -1.05. The summed E-state index contributed by atoms with van der Waals surface area (Å²) in [6.07, 6.45) is -0.975. The van der Waals surface area contributed by atoms with E-state index in [9.17, 15) is 9.59 Å². The molecule has 0 bridgehead atoms. The molecule has 22 heavy (non-hydrogen) atoms. The molecule has 0 aliphatic rings. The van der Waals surface area contributed by atoms with Gasteiger partial charge in [0.15, 0.2) is 0 Å². The van der Waals surface area contributed by atoms with E-state index in [0.717, 1.165) is 0 Å². The molecule has 0 unspecified atom stereocenters. The number of alkyl carbamates (subject to hydrolysis) is 1. The lowest BCUT2D eigenvalue weighted by molar-refractivity contribution is -0.137. The summed E-state index contributed by atoms with van der Waals surface area (Å²) in [6.45, 7) is 5.18. The number of hydrogen-bond acceptors (Lipinski definition) is 4. The molecule has 0 saturated carbocycles. The molecule has 1 aromatic carbocycles. The Morgan fingerprint density at radius 2 is 2.00 bits per heavy atom. The number of ether oxygens (including phenoxy) is 2. The fraction of sp³-hybridized carbons (Fsp3) is 0.467. The van der Waals surface area contributed by atoms with Gasteiger partial charge in [-0.2, -0.15) is 0 Å². The van der Waals surface area contributed by atoms with Gasteiger partial charge in [0.2, 0.25) is 0 Å². The van der Waals surface area contributed by atoms with Crippen LogP contribution in [0.5, 0.6) is 5.75 Å². The Hall–Kier alpha value is -1.95. The summed E-state index contributed by atoms with van der Waals surface area (Å²) < 4.78 is 10.3. The Morgan fingerprint density at radius 3 is 2.50 bits per heavy atom. The molecular weight excluding hydrogens is 310 g/mol. The summed E-state index contributed by atoms with van der Waals surface area (Å²) in [5.41, 5.74) is -0.107. The zero-order valence-electron chi connectivity index (χ0n) is 13.0. The lowest BCUT2D eigenvalue weighted by atomic mass is 10.0. The second-order valence-corrected chi connectivity index (χ2v) is 6.10. The van der Waals surface area contributed by atoms with Gasteiger partial charge in [0.05, 0.1) is 24.6 Å². The number of hydrogen-bond donors (Lipinski definition) is 2. The van der Waals surface area contributed by atoms with E-state index in [0.29, 0.717) is 16.3 Å². The van der Waals surface area contributed by atoms with Gasteiger partial charge in [-0.3, -0.25) is 4.79 Å². The van der Waals surface area contributed by atoms with Crippen LogP contribution in [-0.2, 0) is 9.53 Å². The molecule has 0 aliphatic carbocycles. The van der Waals surface area contributed by atoms with E-state index in [4.69, 9.17) is 26.2 Å². The minimum absolute atomic E-state index is 0.288. The molecule has 122 valence electrons. The van der Waals surface area contributed by atoms with Gasteiger partial charge in [-0.05, 0) is 38.5 Å². The number of carbonyl (C=O) groups excluding carboxylic acids is 1. The Morgan fingerprint density at radius 1 is 1.36 bits per heavy atom. The molecule has 0 radical (unpaired) electrons. The van der Waals surface area contributed by atoms with Crippen molar-refractivity contribution in [3.05, 3.63) is 28.8 Å². The normalized spacial score (nSPS) is 12.4. The SMILES string of the molecule is COc1cc([C@H](CC(=O)O)NC(=O)OC(C)(C)C)ccc1Cl. The molecule has 0 aliphatic heterocycles. The maximum atomic E-state index is 11.9. The Kier molecular flexibility index (Phi) is 6.05. The molecule has 1 rings (SSSR count). The standard InChI is InChI=1S/C15H20ClNO5/c1-15(2,3)22-14(20)17-11(8-13(18)19)9-5-6-10(16)12(7-9)21-4/h5-7,11H,8H2,1-4H3,(H,17,20)(H,18,19)/t11-/m0/s1. The second kappa shape index (κ2) is 7.35. The van der Waals surface area contributed by atoms with Crippen molar-refractivity contribution in [1.29, 1.82) is 0 Å². The third kappa shape index (κ3) is 5.81. The first-order valence-electron chi connectivity index (χ1n) is 6.67. The number of benzene rings is 1. The van der Waals surface area contributed by atoms with Gasteiger partial charge < -0.3 is 19.9 Å². The first kappa shape index (κ1) is 18.1. The Bertz CT molecular complexity index is 553. The van der Waals surface area contributed by atoms with E-state index in [1.54, 1.807) is 39.0 Å². The molecule has 0 saturated heterocycles. The summed E-state index contributed by atoms with van der Waals surface area (Å²) in [5, 5.41) is 12.0. The Labute approximate surface area is 134 Å². The van der Waals surface area contributed by atoms with Gasteiger partial charge in [0.1, 0.15) is 11.4 Å². The number of nitrogens with one attached hydrogen (secondary N) is 1. The highest BCUT2D eigenvalue weighted by atomic mass is 35.5. The topological polar surface area (TPSA) is 84.9 Å². The zero-order valence-corrected chi connectivity index (χ0v) is 13.7. The van der Waals surface area contributed by atoms with E-state index in [-0.39, 0.29) is 6.42 Å². The first-order valence-corrected chi connectivity index (χ1v) is 7.05. The van der Waals surface area contributed by atoms with Crippen molar-refractivity contribution in [1.82, 2.24) is 5.32 Å². The van der Waals surface area contributed by atoms with Gasteiger partial charge >= 0.3 is 12.1 Å². The van der Waals surface area contributed by atoms with Crippen LogP contribution in [0.2, 0.25) is 5.02 Å². The van der Waals surface area contributed by atoms with Crippen LogP contribution in [-0.4, -0.2) is 29.9 Å². The van der Waals surface area contributed by atoms with Crippen LogP contribution in [0.4, 0.5) is 4.79 Å².